The number of anilines is 12. The molecule has 17 aromatic rings. The Kier molecular flexibility index (Phi) is 12.6. The van der Waals surface area contributed by atoms with Crippen LogP contribution in [-0.4, -0.2) is 22.6 Å². The van der Waals surface area contributed by atoms with Gasteiger partial charge >= 0.3 is 0 Å². The monoisotopic (exact) mass is 1320 g/mol. The highest BCUT2D eigenvalue weighted by atomic mass is 19.1. The molecule has 15 aromatic carbocycles. The summed E-state index contributed by atoms with van der Waals surface area (Å²) in [5.41, 5.74) is 25.1. The lowest BCUT2D eigenvalue weighted by Crippen LogP contribution is -2.65. The number of hydrogen-bond donors (Lipinski definition) is 0. The quantitative estimate of drug-likeness (QED) is 0.112. The van der Waals surface area contributed by atoms with Crippen LogP contribution < -0.4 is 52.4 Å². The van der Waals surface area contributed by atoms with Crippen LogP contribution in [0.5, 0.6) is 0 Å². The van der Waals surface area contributed by atoms with Crippen LogP contribution in [0, 0.1) is 23.3 Å². The summed E-state index contributed by atoms with van der Waals surface area (Å²) in [5, 5.41) is 4.33. The summed E-state index contributed by atoms with van der Waals surface area (Å²) in [6.07, 6.45) is 0. The average Bonchev–Trinajstić information content (AvgIpc) is 0.810. The van der Waals surface area contributed by atoms with E-state index in [1.54, 1.807) is 0 Å². The molecule has 0 saturated carbocycles. The van der Waals surface area contributed by atoms with Gasteiger partial charge in [-0.25, -0.2) is 17.6 Å². The first-order valence-corrected chi connectivity index (χ1v) is 34.4. The topological polar surface area (TPSA) is 22.8 Å². The summed E-state index contributed by atoms with van der Waals surface area (Å²) in [5.74, 6) is -2.76. The first-order valence-electron chi connectivity index (χ1n) is 34.4. The molecule has 21 rings (SSSR count). The third kappa shape index (κ3) is 8.62. The van der Waals surface area contributed by atoms with E-state index in [9.17, 15) is 0 Å². The molecule has 2 aromatic heterocycles. The Morgan fingerprint density at radius 1 is 0.196 bits per heavy atom. The number of aromatic nitrogens is 2. The molecule has 0 atom stereocenters. The molecule has 6 nitrogen and oxygen atoms in total. The van der Waals surface area contributed by atoms with Crippen LogP contribution in [0.1, 0.15) is 0 Å². The van der Waals surface area contributed by atoms with Gasteiger partial charge in [0.25, 0.3) is 13.4 Å². The van der Waals surface area contributed by atoms with E-state index >= 15 is 17.6 Å². The molecule has 0 radical (unpaired) electrons. The standard InChI is InChI=1S/C90H54B2F4N6/c93-59-43-60(94)46-65(45-59)101-79-35-19-15-31-73(79)91-75-53-76-84(54-83(75)97(63-25-9-3-10-26-63)85-49-67(51-87(101)89(85)91)99-77-33-17-13-29-69(77)71-39-37-57(41-81(71)99)55-21-5-1-6-22-55)98(64-27-11-4-12-28-64)86-50-68(100-78-34-18-14-30-70(78)72-40-38-58(42-82(72)100)56-23-7-2-8-24-56)52-88-90(86)92(76)74-32-16-20-36-80(74)102(88)66-47-61(95)44-62(96)48-66/h1-54H. The molecule has 0 N–H and O–H groups in total. The van der Waals surface area contributed by atoms with Gasteiger partial charge < -0.3 is 28.7 Å². The highest BCUT2D eigenvalue weighted by Gasteiger charge is 2.49. The van der Waals surface area contributed by atoms with Gasteiger partial charge in [0, 0.05) is 90.6 Å². The molecule has 0 fully saturated rings. The largest absolute Gasteiger partial charge is 0.311 e. The van der Waals surface area contributed by atoms with E-state index in [1.807, 2.05) is 46.2 Å². The first kappa shape index (κ1) is 58.0. The maximum Gasteiger partial charge on any atom is 0.252 e. The highest BCUT2D eigenvalue weighted by molar-refractivity contribution is 7.03. The van der Waals surface area contributed by atoms with Crippen LogP contribution in [0.4, 0.5) is 85.8 Å². The van der Waals surface area contributed by atoms with Gasteiger partial charge in [-0.15, -0.1) is 0 Å². The van der Waals surface area contributed by atoms with Crippen LogP contribution in [0.25, 0.3) is 77.2 Å². The molecule has 0 saturated heterocycles. The van der Waals surface area contributed by atoms with Crippen molar-refractivity contribution in [2.45, 2.75) is 0 Å². The molecule has 102 heavy (non-hydrogen) atoms. The van der Waals surface area contributed by atoms with Gasteiger partial charge in [0.05, 0.1) is 44.8 Å². The predicted molar refractivity (Wildman–Crippen MR) is 414 cm³/mol. The maximum atomic E-state index is 16.2. The van der Waals surface area contributed by atoms with E-state index in [4.69, 9.17) is 0 Å². The van der Waals surface area contributed by atoms with Gasteiger partial charge in [0.1, 0.15) is 23.3 Å². The van der Waals surface area contributed by atoms with Crippen LogP contribution in [-0.2, 0) is 0 Å². The molecule has 0 bridgehead atoms. The third-order valence-electron chi connectivity index (χ3n) is 21.4. The zero-order chi connectivity index (χ0) is 67.6. The highest BCUT2D eigenvalue weighted by Crippen LogP contribution is 2.52. The number of halogens is 4. The second kappa shape index (κ2) is 22.2. The van der Waals surface area contributed by atoms with E-state index in [2.05, 4.69) is 274 Å². The Labute approximate surface area is 585 Å². The van der Waals surface area contributed by atoms with Crippen molar-refractivity contribution in [3.05, 3.63) is 351 Å². The van der Waals surface area contributed by atoms with Crippen molar-refractivity contribution < 1.29 is 17.6 Å². The molecular weight excluding hydrogens is 1260 g/mol. The van der Waals surface area contributed by atoms with Gasteiger partial charge in [-0.1, -0.05) is 200 Å². The van der Waals surface area contributed by atoms with Crippen molar-refractivity contribution in [1.29, 1.82) is 0 Å². The van der Waals surface area contributed by atoms with Crippen LogP contribution >= 0.6 is 0 Å². The van der Waals surface area contributed by atoms with E-state index in [1.165, 1.54) is 24.3 Å². The Bertz CT molecular complexity index is 5960. The number of para-hydroxylation sites is 6. The third-order valence-corrected chi connectivity index (χ3v) is 21.4. The fourth-order valence-electron chi connectivity index (χ4n) is 17.3. The predicted octanol–water partition coefficient (Wildman–Crippen LogP) is 19.9. The fraction of sp³-hybridized carbons (Fsp3) is 0. The van der Waals surface area contributed by atoms with Crippen LogP contribution in [0.3, 0.4) is 0 Å². The zero-order valence-electron chi connectivity index (χ0n) is 54.5. The summed E-state index contributed by atoms with van der Waals surface area (Å²) in [7, 11) is 0. The van der Waals surface area contributed by atoms with E-state index in [0.29, 0.717) is 11.4 Å². The van der Waals surface area contributed by atoms with Crippen molar-refractivity contribution in [3.63, 3.8) is 0 Å². The van der Waals surface area contributed by atoms with Gasteiger partial charge in [0.2, 0.25) is 0 Å². The lowest BCUT2D eigenvalue weighted by Gasteiger charge is -2.47. The zero-order valence-corrected chi connectivity index (χ0v) is 54.5. The number of rotatable bonds is 8. The number of nitrogens with zero attached hydrogens (tertiary/aromatic N) is 6. The minimum Gasteiger partial charge on any atom is -0.311 e. The summed E-state index contributed by atoms with van der Waals surface area (Å²) >= 11 is 0. The minimum absolute atomic E-state index is 0.343. The van der Waals surface area contributed by atoms with Crippen LogP contribution in [0.15, 0.2) is 328 Å². The molecular formula is C90H54B2F4N6. The smallest absolute Gasteiger partial charge is 0.252 e. The first-order chi connectivity index (χ1) is 50.2. The molecule has 478 valence electrons. The van der Waals surface area contributed by atoms with E-state index in [-0.39, 0.29) is 0 Å². The summed E-state index contributed by atoms with van der Waals surface area (Å²) in [6.45, 7) is -0.902. The average molecular weight is 1320 g/mol. The van der Waals surface area contributed by atoms with Crippen molar-refractivity contribution in [1.82, 2.24) is 9.13 Å². The lowest BCUT2D eigenvalue weighted by molar-refractivity contribution is 0.583. The SMILES string of the molecule is Fc1cc(F)cc(N2c3ccccc3B3c4cc5c(cc4N(c4ccccc4)c4cc(-n6c7ccccc7c7ccc(-c8ccccc8)cc76)cc2c43)N(c2ccccc2)c2cc(-n3c4ccccc4c4ccc(-c6ccccc6)cc43)cc3c2B5c2ccccc2N3c2cc(F)cc(F)c2)c1. The number of fused-ring (bicyclic) bond motifs is 14. The summed E-state index contributed by atoms with van der Waals surface area (Å²) in [6, 6.07) is 110. The van der Waals surface area contributed by atoms with Crippen molar-refractivity contribution in [3.8, 4) is 33.6 Å². The number of hydrogen-bond acceptors (Lipinski definition) is 4. The Morgan fingerprint density at radius 2 is 0.529 bits per heavy atom. The Hall–Kier alpha value is -13.1. The van der Waals surface area contributed by atoms with Gasteiger partial charge in [-0.2, -0.15) is 0 Å². The van der Waals surface area contributed by atoms with Gasteiger partial charge in [-0.05, 0) is 170 Å². The van der Waals surface area contributed by atoms with Crippen LogP contribution in [0.2, 0.25) is 0 Å². The normalized spacial score (nSPS) is 13.2. The summed E-state index contributed by atoms with van der Waals surface area (Å²) < 4.78 is 69.6. The molecule has 0 unspecified atom stereocenters. The lowest BCUT2D eigenvalue weighted by atomic mass is 9.30. The maximum absolute atomic E-state index is 16.2. The molecule has 12 heteroatoms. The molecule has 4 aliphatic heterocycles. The Balaban J connectivity index is 0.885. The molecule has 0 spiro atoms. The summed E-state index contributed by atoms with van der Waals surface area (Å²) in [4.78, 5) is 8.89. The van der Waals surface area contributed by atoms with Crippen molar-refractivity contribution in [2.75, 3.05) is 19.6 Å². The van der Waals surface area contributed by atoms with Crippen molar-refractivity contribution >= 4 is 158 Å². The van der Waals surface area contributed by atoms with E-state index < -0.39 is 36.7 Å². The van der Waals surface area contributed by atoms with Crippen molar-refractivity contribution in [2.24, 2.45) is 0 Å². The number of benzene rings is 15. The molecule has 6 heterocycles. The minimum atomic E-state index is -0.691. The van der Waals surface area contributed by atoms with Gasteiger partial charge in [0.15, 0.2) is 0 Å². The molecule has 0 aliphatic carbocycles. The fourth-order valence-corrected chi connectivity index (χ4v) is 17.3. The Morgan fingerprint density at radius 3 is 0.931 bits per heavy atom. The molecule has 0 amide bonds. The second-order valence-electron chi connectivity index (χ2n) is 26.9. The van der Waals surface area contributed by atoms with E-state index in [0.717, 1.165) is 179 Å². The van der Waals surface area contributed by atoms with Gasteiger partial charge in [-0.3, -0.25) is 0 Å². The second-order valence-corrected chi connectivity index (χ2v) is 26.9. The molecule has 4 aliphatic rings.